The van der Waals surface area contributed by atoms with E-state index in [2.05, 4.69) is 11.9 Å². The van der Waals surface area contributed by atoms with Crippen LogP contribution < -0.4 is 5.73 Å². The molecule has 0 aliphatic rings. The highest BCUT2D eigenvalue weighted by atomic mass is 16.1. The van der Waals surface area contributed by atoms with Gasteiger partial charge in [-0.2, -0.15) is 0 Å². The summed E-state index contributed by atoms with van der Waals surface area (Å²) in [5.74, 6) is 0.480. The molecule has 0 aliphatic heterocycles. The number of hydrogen-bond acceptors (Lipinski definition) is 2. The Morgan fingerprint density at radius 1 is 1.47 bits per heavy atom. The van der Waals surface area contributed by atoms with Crippen LogP contribution >= 0.6 is 0 Å². The second-order valence-electron chi connectivity index (χ2n) is 3.46. The van der Waals surface area contributed by atoms with Crippen molar-refractivity contribution in [3.8, 4) is 0 Å². The summed E-state index contributed by atoms with van der Waals surface area (Å²) in [6.07, 6.45) is 3.96. The summed E-state index contributed by atoms with van der Waals surface area (Å²) in [5, 5.41) is 0. The fourth-order valence-electron chi connectivity index (χ4n) is 1.53. The van der Waals surface area contributed by atoms with Crippen molar-refractivity contribution in [2.45, 2.75) is 46.1 Å². The van der Waals surface area contributed by atoms with Gasteiger partial charge < -0.3 is 15.4 Å². The predicted octanol–water partition coefficient (Wildman–Crippen LogP) is 1.40. The summed E-state index contributed by atoms with van der Waals surface area (Å²) in [6.45, 7) is 7.41. The van der Waals surface area contributed by atoms with Crippen LogP contribution in [-0.2, 0) is 4.79 Å². The molecule has 0 amide bonds. The minimum absolute atomic E-state index is 0.120. The van der Waals surface area contributed by atoms with E-state index in [1.54, 1.807) is 0 Å². The van der Waals surface area contributed by atoms with Crippen molar-refractivity contribution in [3.63, 3.8) is 0 Å². The number of aldehydes is 1. The van der Waals surface area contributed by atoms with Gasteiger partial charge in [-0.25, -0.2) is 0 Å². The number of unbranched alkanes of at least 4 members (excludes halogenated alkanes) is 1. The molecule has 0 aromatic rings. The number of rotatable bonds is 7. The minimum Gasteiger partial charge on any atom is -0.370 e. The minimum atomic E-state index is -0.120. The molecule has 2 N–H and O–H groups in total. The topological polar surface area (TPSA) is 58.7 Å². The Hall–Kier alpha value is -1.06. The van der Waals surface area contributed by atoms with Gasteiger partial charge in [-0.15, -0.1) is 0 Å². The monoisotopic (exact) mass is 213 g/mol. The number of carbonyl (C=O) groups excluding carboxylic acids is 1. The van der Waals surface area contributed by atoms with Gasteiger partial charge in [0.15, 0.2) is 5.96 Å². The highest BCUT2D eigenvalue weighted by molar-refractivity contribution is 5.81. The van der Waals surface area contributed by atoms with E-state index in [1.165, 1.54) is 0 Å². The molecule has 4 nitrogen and oxygen atoms in total. The molecular formula is C11H23N3O. The molecule has 0 bridgehead atoms. The first kappa shape index (κ1) is 13.9. The Labute approximate surface area is 92.5 Å². The third-order valence-corrected chi connectivity index (χ3v) is 2.37. The van der Waals surface area contributed by atoms with Crippen molar-refractivity contribution in [1.82, 2.24) is 4.90 Å². The number of aliphatic imine (C=N–C) groups is 1. The van der Waals surface area contributed by atoms with Crippen molar-refractivity contribution < 1.29 is 4.79 Å². The molecule has 88 valence electrons. The van der Waals surface area contributed by atoms with Crippen LogP contribution in [0, 0.1) is 0 Å². The number of carbonyl (C=O) groups is 1. The number of nitrogens with two attached hydrogens (primary N) is 1. The molecule has 0 rings (SSSR count). The van der Waals surface area contributed by atoms with Crippen LogP contribution in [0.25, 0.3) is 0 Å². The van der Waals surface area contributed by atoms with Crippen molar-refractivity contribution in [1.29, 1.82) is 0 Å². The molecule has 1 atom stereocenters. The predicted molar refractivity (Wildman–Crippen MR) is 63.9 cm³/mol. The number of likely N-dealkylation sites (N-methyl/N-ethyl adjacent to an activating group) is 1. The van der Waals surface area contributed by atoms with Crippen LogP contribution in [0.4, 0.5) is 0 Å². The first-order chi connectivity index (χ1) is 7.21. The second kappa shape index (κ2) is 8.26. The molecule has 0 radical (unpaired) electrons. The molecule has 0 aromatic carbocycles. The maximum Gasteiger partial charge on any atom is 0.191 e. The average Bonchev–Trinajstić information content (AvgIpc) is 2.24. The largest absolute Gasteiger partial charge is 0.370 e. The Kier molecular flexibility index (Phi) is 7.68. The normalized spacial score (nSPS) is 13.7. The molecule has 0 aliphatic carbocycles. The SMILES string of the molecule is CCCCC(C=O)N(CC)C(N)=NCC. The standard InChI is InChI=1S/C11H23N3O/c1-4-7-8-10(9-15)14(6-3)11(12)13-5-2/h9-10H,4-8H2,1-3H3,(H2,12,13). The van der Waals surface area contributed by atoms with Gasteiger partial charge in [-0.3, -0.25) is 4.99 Å². The fraction of sp³-hybridized carbons (Fsp3) is 0.818. The van der Waals surface area contributed by atoms with Gasteiger partial charge in [-0.05, 0) is 20.3 Å². The van der Waals surface area contributed by atoms with Gasteiger partial charge in [-0.1, -0.05) is 19.8 Å². The van der Waals surface area contributed by atoms with Crippen LogP contribution in [0.2, 0.25) is 0 Å². The van der Waals surface area contributed by atoms with Gasteiger partial charge >= 0.3 is 0 Å². The summed E-state index contributed by atoms with van der Waals surface area (Å²) >= 11 is 0. The van der Waals surface area contributed by atoms with Crippen LogP contribution in [-0.4, -0.2) is 36.3 Å². The van der Waals surface area contributed by atoms with Gasteiger partial charge in [0, 0.05) is 13.1 Å². The maximum absolute atomic E-state index is 11.0. The average molecular weight is 213 g/mol. The summed E-state index contributed by atoms with van der Waals surface area (Å²) < 4.78 is 0. The number of nitrogens with zero attached hydrogens (tertiary/aromatic N) is 2. The third-order valence-electron chi connectivity index (χ3n) is 2.37. The molecule has 0 spiro atoms. The van der Waals surface area contributed by atoms with Gasteiger partial charge in [0.05, 0.1) is 6.04 Å². The smallest absolute Gasteiger partial charge is 0.191 e. The van der Waals surface area contributed by atoms with Crippen molar-refractivity contribution >= 4 is 12.2 Å². The molecular weight excluding hydrogens is 190 g/mol. The van der Waals surface area contributed by atoms with Crippen LogP contribution in [0.15, 0.2) is 4.99 Å². The van der Waals surface area contributed by atoms with Crippen molar-refractivity contribution in [2.24, 2.45) is 10.7 Å². The van der Waals surface area contributed by atoms with Gasteiger partial charge in [0.25, 0.3) is 0 Å². The lowest BCUT2D eigenvalue weighted by molar-refractivity contribution is -0.111. The third kappa shape index (κ3) is 4.81. The zero-order valence-electron chi connectivity index (χ0n) is 10.1. The lowest BCUT2D eigenvalue weighted by Crippen LogP contribution is -2.45. The summed E-state index contributed by atoms with van der Waals surface area (Å²) in [4.78, 5) is 17.0. The van der Waals surface area contributed by atoms with E-state index in [9.17, 15) is 4.79 Å². The second-order valence-corrected chi connectivity index (χ2v) is 3.46. The van der Waals surface area contributed by atoms with E-state index in [0.717, 1.165) is 32.1 Å². The molecule has 0 saturated carbocycles. The zero-order chi connectivity index (χ0) is 11.7. The Balaban J connectivity index is 4.45. The van der Waals surface area contributed by atoms with Crippen molar-refractivity contribution in [3.05, 3.63) is 0 Å². The van der Waals surface area contributed by atoms with Crippen LogP contribution in [0.3, 0.4) is 0 Å². The lowest BCUT2D eigenvalue weighted by atomic mass is 10.1. The Morgan fingerprint density at radius 3 is 2.53 bits per heavy atom. The molecule has 0 aromatic heterocycles. The molecule has 0 saturated heterocycles. The highest BCUT2D eigenvalue weighted by Crippen LogP contribution is 2.06. The van der Waals surface area contributed by atoms with E-state index < -0.39 is 0 Å². The summed E-state index contributed by atoms with van der Waals surface area (Å²) in [7, 11) is 0. The van der Waals surface area contributed by atoms with E-state index >= 15 is 0 Å². The molecule has 15 heavy (non-hydrogen) atoms. The van der Waals surface area contributed by atoms with Crippen LogP contribution in [0.1, 0.15) is 40.0 Å². The number of guanidine groups is 1. The van der Waals surface area contributed by atoms with E-state index in [1.807, 2.05) is 18.7 Å². The molecule has 1 unspecified atom stereocenters. The van der Waals surface area contributed by atoms with E-state index in [-0.39, 0.29) is 6.04 Å². The van der Waals surface area contributed by atoms with E-state index in [0.29, 0.717) is 12.5 Å². The van der Waals surface area contributed by atoms with E-state index in [4.69, 9.17) is 5.73 Å². The molecule has 0 heterocycles. The van der Waals surface area contributed by atoms with Crippen LogP contribution in [0.5, 0.6) is 0 Å². The molecule has 4 heteroatoms. The van der Waals surface area contributed by atoms with Gasteiger partial charge in [0.2, 0.25) is 0 Å². The first-order valence-corrected chi connectivity index (χ1v) is 5.73. The Morgan fingerprint density at radius 2 is 2.13 bits per heavy atom. The molecule has 0 fully saturated rings. The number of hydrogen-bond donors (Lipinski definition) is 1. The zero-order valence-corrected chi connectivity index (χ0v) is 10.1. The Bertz CT molecular complexity index is 204. The highest BCUT2D eigenvalue weighted by Gasteiger charge is 2.17. The quantitative estimate of drug-likeness (QED) is 0.395. The van der Waals surface area contributed by atoms with Crippen molar-refractivity contribution in [2.75, 3.05) is 13.1 Å². The van der Waals surface area contributed by atoms with Gasteiger partial charge in [0.1, 0.15) is 6.29 Å². The summed E-state index contributed by atoms with van der Waals surface area (Å²) in [6, 6.07) is -0.120. The summed E-state index contributed by atoms with van der Waals surface area (Å²) in [5.41, 5.74) is 5.80. The first-order valence-electron chi connectivity index (χ1n) is 5.73. The fourth-order valence-corrected chi connectivity index (χ4v) is 1.53. The lowest BCUT2D eigenvalue weighted by Gasteiger charge is -2.27. The maximum atomic E-state index is 11.0.